The van der Waals surface area contributed by atoms with Crippen molar-refractivity contribution < 1.29 is 0 Å². The minimum absolute atomic E-state index is 0.400. The molecular weight excluding hydrogens is 328 g/mol. The molecule has 0 saturated carbocycles. The van der Waals surface area contributed by atoms with Crippen molar-refractivity contribution in [3.05, 3.63) is 70.5 Å². The molecule has 5 heteroatoms. The largest absolute Gasteiger partial charge is 0.370 e. The summed E-state index contributed by atoms with van der Waals surface area (Å²) >= 11 is 1.60. The van der Waals surface area contributed by atoms with Crippen LogP contribution in [0.3, 0.4) is 0 Å². The summed E-state index contributed by atoms with van der Waals surface area (Å²) in [5, 5.41) is 6.15. The summed E-state index contributed by atoms with van der Waals surface area (Å²) in [5.41, 5.74) is 10.3. The Morgan fingerprint density at radius 2 is 1.96 bits per heavy atom. The van der Waals surface area contributed by atoms with Crippen LogP contribution in [-0.4, -0.2) is 10.9 Å². The molecule has 0 fully saturated rings. The van der Waals surface area contributed by atoms with Crippen molar-refractivity contribution in [1.82, 2.24) is 4.98 Å². The van der Waals surface area contributed by atoms with Crippen molar-refractivity contribution in [2.75, 3.05) is 5.32 Å². The number of nitrogens with zero attached hydrogens (tertiary/aromatic N) is 2. The fourth-order valence-corrected chi connectivity index (χ4v) is 3.17. The fourth-order valence-electron chi connectivity index (χ4n) is 2.44. The summed E-state index contributed by atoms with van der Waals surface area (Å²) in [5.74, 6) is 0.879. The number of hydrogen-bond acceptors (Lipinski definition) is 3. The molecule has 0 amide bonds. The van der Waals surface area contributed by atoms with Gasteiger partial charge < -0.3 is 11.1 Å². The number of aliphatic imine (C=N–C) groups is 1. The lowest BCUT2D eigenvalue weighted by Crippen LogP contribution is -2.22. The van der Waals surface area contributed by atoms with Crippen molar-refractivity contribution >= 4 is 23.0 Å². The van der Waals surface area contributed by atoms with Gasteiger partial charge in [-0.15, -0.1) is 11.3 Å². The number of thiazole rings is 1. The number of benzene rings is 2. The Kier molecular flexibility index (Phi) is 5.46. The van der Waals surface area contributed by atoms with Gasteiger partial charge in [0.05, 0.1) is 12.2 Å². The molecule has 0 aliphatic carbocycles. The van der Waals surface area contributed by atoms with Gasteiger partial charge >= 0.3 is 0 Å². The van der Waals surface area contributed by atoms with Gasteiger partial charge in [-0.1, -0.05) is 56.3 Å². The van der Waals surface area contributed by atoms with Crippen molar-refractivity contribution in [2.24, 2.45) is 10.7 Å². The molecule has 0 saturated heterocycles. The topological polar surface area (TPSA) is 63.3 Å². The van der Waals surface area contributed by atoms with Gasteiger partial charge in [0.1, 0.15) is 5.01 Å². The van der Waals surface area contributed by atoms with E-state index in [4.69, 9.17) is 5.73 Å². The Hall–Kier alpha value is -2.66. The average Bonchev–Trinajstić information content (AvgIpc) is 3.10. The van der Waals surface area contributed by atoms with E-state index in [1.807, 2.05) is 30.3 Å². The van der Waals surface area contributed by atoms with Crippen LogP contribution in [0, 0.1) is 0 Å². The molecule has 4 nitrogen and oxygen atoms in total. The van der Waals surface area contributed by atoms with Crippen LogP contribution in [-0.2, 0) is 6.54 Å². The molecule has 128 valence electrons. The summed E-state index contributed by atoms with van der Waals surface area (Å²) < 4.78 is 0. The summed E-state index contributed by atoms with van der Waals surface area (Å²) in [6, 6.07) is 18.4. The molecule has 3 aromatic rings. The number of anilines is 1. The second-order valence-electron chi connectivity index (χ2n) is 6.10. The average molecular weight is 350 g/mol. The molecule has 0 bridgehead atoms. The summed E-state index contributed by atoms with van der Waals surface area (Å²) in [6.45, 7) is 4.81. The quantitative estimate of drug-likeness (QED) is 0.510. The Labute approximate surface area is 152 Å². The predicted molar refractivity (Wildman–Crippen MR) is 107 cm³/mol. The first-order valence-electron chi connectivity index (χ1n) is 8.28. The zero-order valence-corrected chi connectivity index (χ0v) is 15.3. The lowest BCUT2D eigenvalue weighted by molar-refractivity contribution is 0.867. The molecule has 25 heavy (non-hydrogen) atoms. The first-order chi connectivity index (χ1) is 12.1. The van der Waals surface area contributed by atoms with Crippen LogP contribution < -0.4 is 11.1 Å². The minimum atomic E-state index is 0.400. The normalized spacial score (nSPS) is 11.7. The lowest BCUT2D eigenvalue weighted by Gasteiger charge is -2.09. The van der Waals surface area contributed by atoms with Crippen LogP contribution in [0.25, 0.3) is 11.3 Å². The van der Waals surface area contributed by atoms with E-state index < -0.39 is 0 Å². The van der Waals surface area contributed by atoms with Crippen LogP contribution in [0.2, 0.25) is 0 Å². The maximum absolute atomic E-state index is 6.01. The first-order valence-corrected chi connectivity index (χ1v) is 9.16. The maximum atomic E-state index is 6.01. The summed E-state index contributed by atoms with van der Waals surface area (Å²) in [6.07, 6.45) is 0. The van der Waals surface area contributed by atoms with E-state index in [2.05, 4.69) is 58.8 Å². The molecule has 0 radical (unpaired) electrons. The Morgan fingerprint density at radius 1 is 1.16 bits per heavy atom. The lowest BCUT2D eigenvalue weighted by atomic mass is 10.0. The first kappa shape index (κ1) is 17.2. The summed E-state index contributed by atoms with van der Waals surface area (Å²) in [7, 11) is 0. The van der Waals surface area contributed by atoms with Gasteiger partial charge in [-0.2, -0.15) is 0 Å². The second kappa shape index (κ2) is 7.94. The molecule has 1 heterocycles. The Balaban J connectivity index is 1.64. The van der Waals surface area contributed by atoms with Gasteiger partial charge in [-0.3, -0.25) is 0 Å². The van der Waals surface area contributed by atoms with Crippen molar-refractivity contribution in [2.45, 2.75) is 26.3 Å². The smallest absolute Gasteiger partial charge is 0.193 e. The third-order valence-corrected chi connectivity index (χ3v) is 4.67. The Morgan fingerprint density at radius 3 is 2.72 bits per heavy atom. The van der Waals surface area contributed by atoms with E-state index >= 15 is 0 Å². The molecule has 0 aliphatic rings. The van der Waals surface area contributed by atoms with Crippen molar-refractivity contribution in [3.8, 4) is 11.3 Å². The van der Waals surface area contributed by atoms with Crippen molar-refractivity contribution in [1.29, 1.82) is 0 Å². The monoisotopic (exact) mass is 350 g/mol. The highest BCUT2D eigenvalue weighted by atomic mass is 32.1. The maximum Gasteiger partial charge on any atom is 0.193 e. The van der Waals surface area contributed by atoms with Crippen LogP contribution in [0.5, 0.6) is 0 Å². The number of aromatic nitrogens is 1. The van der Waals surface area contributed by atoms with Crippen molar-refractivity contribution in [3.63, 3.8) is 0 Å². The molecule has 0 aliphatic heterocycles. The van der Waals surface area contributed by atoms with Gasteiger partial charge in [0.2, 0.25) is 0 Å². The standard InChI is InChI=1S/C20H22N4S/c1-14(2)16-9-6-10-17(11-16)23-20(21)22-12-19-24-18(13-25-19)15-7-4-3-5-8-15/h3-11,13-14H,12H2,1-2H3,(H3,21,22,23). The highest BCUT2D eigenvalue weighted by Crippen LogP contribution is 2.22. The Bertz CT molecular complexity index is 853. The van der Waals surface area contributed by atoms with Gasteiger partial charge in [-0.25, -0.2) is 9.98 Å². The SMILES string of the molecule is CC(C)c1cccc(NC(N)=NCc2nc(-c3ccccc3)cs2)c1. The molecule has 2 aromatic carbocycles. The third kappa shape index (κ3) is 4.67. The molecule has 1 aromatic heterocycles. The fraction of sp³-hybridized carbons (Fsp3) is 0.200. The van der Waals surface area contributed by atoms with Gasteiger partial charge in [0, 0.05) is 16.6 Å². The van der Waals surface area contributed by atoms with Crippen LogP contribution in [0.4, 0.5) is 5.69 Å². The van der Waals surface area contributed by atoms with Gasteiger partial charge in [-0.05, 0) is 23.6 Å². The van der Waals surface area contributed by atoms with Gasteiger partial charge in [0.15, 0.2) is 5.96 Å². The second-order valence-corrected chi connectivity index (χ2v) is 7.04. The number of guanidine groups is 1. The van der Waals surface area contributed by atoms with Crippen LogP contribution in [0.15, 0.2) is 65.0 Å². The van der Waals surface area contributed by atoms with E-state index in [0.717, 1.165) is 22.0 Å². The third-order valence-electron chi connectivity index (χ3n) is 3.83. The molecule has 0 unspecified atom stereocenters. The van der Waals surface area contributed by atoms with E-state index in [1.54, 1.807) is 11.3 Å². The van der Waals surface area contributed by atoms with E-state index in [9.17, 15) is 0 Å². The van der Waals surface area contributed by atoms with Crippen LogP contribution >= 0.6 is 11.3 Å². The molecule has 3 N–H and O–H groups in total. The predicted octanol–water partition coefficient (Wildman–Crippen LogP) is 4.86. The molecule has 0 spiro atoms. The zero-order chi connectivity index (χ0) is 17.6. The van der Waals surface area contributed by atoms with Crippen LogP contribution in [0.1, 0.15) is 30.3 Å². The molecule has 3 rings (SSSR count). The van der Waals surface area contributed by atoms with E-state index in [-0.39, 0.29) is 0 Å². The molecular formula is C20H22N4S. The number of hydrogen-bond donors (Lipinski definition) is 2. The number of rotatable bonds is 5. The van der Waals surface area contributed by atoms with Gasteiger partial charge in [0.25, 0.3) is 0 Å². The number of nitrogens with one attached hydrogen (secondary N) is 1. The van der Waals surface area contributed by atoms with E-state index in [0.29, 0.717) is 18.4 Å². The summed E-state index contributed by atoms with van der Waals surface area (Å²) in [4.78, 5) is 9.03. The highest BCUT2D eigenvalue weighted by molar-refractivity contribution is 7.09. The number of nitrogens with two attached hydrogens (primary N) is 1. The highest BCUT2D eigenvalue weighted by Gasteiger charge is 2.05. The van der Waals surface area contributed by atoms with E-state index in [1.165, 1.54) is 5.56 Å². The zero-order valence-electron chi connectivity index (χ0n) is 14.4. The molecule has 0 atom stereocenters. The minimum Gasteiger partial charge on any atom is -0.370 e.